The van der Waals surface area contributed by atoms with Crippen LogP contribution in [0.15, 0.2) is 97.1 Å². The van der Waals surface area contributed by atoms with Gasteiger partial charge in [0.25, 0.3) is 5.91 Å². The number of benzene rings is 4. The van der Waals surface area contributed by atoms with E-state index in [9.17, 15) is 22.8 Å². The minimum Gasteiger partial charge on any atom is -0.497 e. The number of hydrogen-bond acceptors (Lipinski definition) is 4. The molecule has 1 heterocycles. The molecule has 4 aromatic rings. The fourth-order valence-electron chi connectivity index (χ4n) is 4.95. The van der Waals surface area contributed by atoms with Crippen molar-refractivity contribution in [2.45, 2.75) is 18.1 Å². The maximum atomic E-state index is 14.0. The molecule has 5 rings (SSSR count). The van der Waals surface area contributed by atoms with Crippen LogP contribution in [0, 0.1) is 0 Å². The molecule has 4 aromatic carbocycles. The van der Waals surface area contributed by atoms with Crippen molar-refractivity contribution < 1.29 is 32.2 Å². The van der Waals surface area contributed by atoms with Gasteiger partial charge in [-0.3, -0.25) is 14.5 Å². The van der Waals surface area contributed by atoms with Gasteiger partial charge in [0.2, 0.25) is 5.91 Å². The van der Waals surface area contributed by atoms with E-state index in [0.29, 0.717) is 33.9 Å². The number of halogens is 3. The highest BCUT2D eigenvalue weighted by Crippen LogP contribution is 2.46. The Hall–Kier alpha value is -4.79. The fourth-order valence-corrected chi connectivity index (χ4v) is 4.95. The quantitative estimate of drug-likeness (QED) is 0.287. The molecule has 40 heavy (non-hydrogen) atoms. The van der Waals surface area contributed by atoms with E-state index in [-0.39, 0.29) is 11.6 Å². The van der Waals surface area contributed by atoms with Crippen molar-refractivity contribution in [3.8, 4) is 11.5 Å². The maximum Gasteiger partial charge on any atom is 0.416 e. The molecule has 0 saturated carbocycles. The van der Waals surface area contributed by atoms with Crippen molar-refractivity contribution in [2.75, 3.05) is 24.4 Å². The molecule has 1 N–H and O–H groups in total. The second-order valence-electron chi connectivity index (χ2n) is 9.22. The average molecular weight is 547 g/mol. The summed E-state index contributed by atoms with van der Waals surface area (Å²) in [6, 6.07) is 24.4. The zero-order valence-corrected chi connectivity index (χ0v) is 21.6. The number of rotatable bonds is 6. The first-order valence-electron chi connectivity index (χ1n) is 12.4. The molecule has 1 aliphatic rings. The van der Waals surface area contributed by atoms with Crippen LogP contribution in [0.3, 0.4) is 0 Å². The van der Waals surface area contributed by atoms with Gasteiger partial charge >= 0.3 is 6.18 Å². The second kappa shape index (κ2) is 10.8. The number of nitrogens with one attached hydrogen (secondary N) is 1. The van der Waals surface area contributed by atoms with E-state index in [1.165, 1.54) is 12.1 Å². The summed E-state index contributed by atoms with van der Waals surface area (Å²) in [5.41, 5.74) is 1.48. The van der Waals surface area contributed by atoms with Gasteiger partial charge in [-0.05, 0) is 77.9 Å². The van der Waals surface area contributed by atoms with Crippen molar-refractivity contribution in [3.63, 3.8) is 0 Å². The molecular weight excluding hydrogens is 521 g/mol. The van der Waals surface area contributed by atoms with E-state index in [2.05, 4.69) is 5.32 Å². The van der Waals surface area contributed by atoms with Crippen LogP contribution in [-0.2, 0) is 11.0 Å². The van der Waals surface area contributed by atoms with Crippen LogP contribution in [0.4, 0.5) is 24.5 Å². The van der Waals surface area contributed by atoms with Gasteiger partial charge < -0.3 is 14.8 Å². The van der Waals surface area contributed by atoms with Crippen LogP contribution in [0.5, 0.6) is 11.5 Å². The fraction of sp³-hybridized carbons (Fsp3) is 0.161. The molecular formula is C31H25F3N2O4. The van der Waals surface area contributed by atoms with Crippen molar-refractivity contribution in [1.29, 1.82) is 0 Å². The Morgan fingerprint density at radius 2 is 1.38 bits per heavy atom. The molecule has 6 nitrogen and oxygen atoms in total. The Morgan fingerprint density at radius 1 is 0.800 bits per heavy atom. The van der Waals surface area contributed by atoms with Crippen LogP contribution in [0.2, 0.25) is 0 Å². The summed E-state index contributed by atoms with van der Waals surface area (Å²) in [5, 5.41) is 2.77. The predicted molar refractivity (Wildman–Crippen MR) is 145 cm³/mol. The van der Waals surface area contributed by atoms with Gasteiger partial charge in [0.15, 0.2) is 0 Å². The molecule has 2 atom stereocenters. The van der Waals surface area contributed by atoms with Crippen LogP contribution in [-0.4, -0.2) is 26.0 Å². The first-order chi connectivity index (χ1) is 19.2. The predicted octanol–water partition coefficient (Wildman–Crippen LogP) is 6.85. The summed E-state index contributed by atoms with van der Waals surface area (Å²) < 4.78 is 49.8. The number of anilines is 2. The van der Waals surface area contributed by atoms with Gasteiger partial charge in [-0.1, -0.05) is 30.3 Å². The van der Waals surface area contributed by atoms with E-state index in [0.717, 1.165) is 12.1 Å². The maximum absolute atomic E-state index is 14.0. The van der Waals surface area contributed by atoms with Gasteiger partial charge in [-0.15, -0.1) is 0 Å². The summed E-state index contributed by atoms with van der Waals surface area (Å²) in [4.78, 5) is 29.5. The monoisotopic (exact) mass is 546 g/mol. The number of ether oxygens (including phenoxy) is 2. The molecule has 9 heteroatoms. The summed E-state index contributed by atoms with van der Waals surface area (Å²) in [6.07, 6.45) is -4.50. The van der Waals surface area contributed by atoms with Crippen LogP contribution >= 0.6 is 0 Å². The Morgan fingerprint density at radius 3 is 1.95 bits per heavy atom. The number of alkyl halides is 3. The molecule has 0 fully saturated rings. The summed E-state index contributed by atoms with van der Waals surface area (Å²) in [5.74, 6) is -0.454. The Balaban J connectivity index is 1.63. The highest BCUT2D eigenvalue weighted by Gasteiger charge is 2.45. The number of nitrogens with zero attached hydrogens (tertiary/aromatic N) is 1. The van der Waals surface area contributed by atoms with Crippen LogP contribution < -0.4 is 19.7 Å². The number of methoxy groups -OCH3 is 2. The zero-order valence-electron chi connectivity index (χ0n) is 21.6. The highest BCUT2D eigenvalue weighted by atomic mass is 19.4. The lowest BCUT2D eigenvalue weighted by Crippen LogP contribution is -2.46. The largest absolute Gasteiger partial charge is 0.497 e. The molecule has 2 unspecified atom stereocenters. The number of carbonyl (C=O) groups is 2. The van der Waals surface area contributed by atoms with E-state index < -0.39 is 29.6 Å². The molecule has 0 aliphatic carbocycles. The van der Waals surface area contributed by atoms with Crippen LogP contribution in [0.1, 0.15) is 39.0 Å². The lowest BCUT2D eigenvalue weighted by Gasteiger charge is -2.42. The molecule has 0 spiro atoms. The van der Waals surface area contributed by atoms with Gasteiger partial charge in [0.05, 0.1) is 31.7 Å². The SMILES string of the molecule is COc1ccc(C2C(C(=O)Nc3ccc(C(F)(F)F)cc3)c3ccccc3C(=O)N2c2ccc(OC)cc2)cc1. The molecule has 0 saturated heterocycles. The highest BCUT2D eigenvalue weighted by molar-refractivity contribution is 6.12. The van der Waals surface area contributed by atoms with Gasteiger partial charge in [-0.25, -0.2) is 0 Å². The van der Waals surface area contributed by atoms with Gasteiger partial charge in [0.1, 0.15) is 11.5 Å². The minimum absolute atomic E-state index is 0.205. The summed E-state index contributed by atoms with van der Waals surface area (Å²) >= 11 is 0. The van der Waals surface area contributed by atoms with Gasteiger partial charge in [-0.2, -0.15) is 13.2 Å². The Labute approximate surface area is 229 Å². The zero-order chi connectivity index (χ0) is 28.4. The summed E-state index contributed by atoms with van der Waals surface area (Å²) in [7, 11) is 3.08. The minimum atomic E-state index is -4.50. The topological polar surface area (TPSA) is 67.9 Å². The Bertz CT molecular complexity index is 1520. The van der Waals surface area contributed by atoms with Crippen molar-refractivity contribution in [2.24, 2.45) is 0 Å². The van der Waals surface area contributed by atoms with Crippen molar-refractivity contribution in [1.82, 2.24) is 0 Å². The lowest BCUT2D eigenvalue weighted by molar-refractivity contribution is -0.137. The smallest absolute Gasteiger partial charge is 0.416 e. The molecule has 0 bridgehead atoms. The first-order valence-corrected chi connectivity index (χ1v) is 12.4. The third-order valence-electron chi connectivity index (χ3n) is 6.91. The van der Waals surface area contributed by atoms with E-state index in [1.54, 1.807) is 91.9 Å². The molecule has 1 aliphatic heterocycles. The van der Waals surface area contributed by atoms with Gasteiger partial charge in [0, 0.05) is 16.9 Å². The number of amides is 2. The number of carbonyl (C=O) groups excluding carboxylic acids is 2. The first kappa shape index (κ1) is 26.8. The molecule has 2 amide bonds. The average Bonchev–Trinajstić information content (AvgIpc) is 2.97. The van der Waals surface area contributed by atoms with Crippen LogP contribution in [0.25, 0.3) is 0 Å². The number of fused-ring (bicyclic) bond motifs is 1. The van der Waals surface area contributed by atoms with Crippen molar-refractivity contribution in [3.05, 3.63) is 119 Å². The Kier molecular flexibility index (Phi) is 7.21. The van der Waals surface area contributed by atoms with E-state index in [4.69, 9.17) is 9.47 Å². The third-order valence-corrected chi connectivity index (χ3v) is 6.91. The molecule has 0 radical (unpaired) electrons. The molecule has 0 aromatic heterocycles. The second-order valence-corrected chi connectivity index (χ2v) is 9.22. The van der Waals surface area contributed by atoms with Crippen molar-refractivity contribution >= 4 is 23.2 Å². The number of hydrogen-bond donors (Lipinski definition) is 1. The normalized spacial score (nSPS) is 16.7. The molecule has 204 valence electrons. The van der Waals surface area contributed by atoms with E-state index in [1.807, 2.05) is 0 Å². The summed E-state index contributed by atoms with van der Waals surface area (Å²) in [6.45, 7) is 0. The van der Waals surface area contributed by atoms with E-state index >= 15 is 0 Å². The lowest BCUT2D eigenvalue weighted by atomic mass is 9.78. The third kappa shape index (κ3) is 5.10. The standard InChI is InChI=1S/C31H25F3N2O4/c1-39-23-15-7-19(8-16-23)28-27(29(37)35-21-11-9-20(10-12-21)31(32,33)34)25-5-3-4-6-26(25)30(38)36(28)22-13-17-24(40-2)18-14-22/h3-18,27-28H,1-2H3,(H,35,37).